The highest BCUT2D eigenvalue weighted by molar-refractivity contribution is 7.22. The smallest absolute Gasteiger partial charge is 0.323 e. The number of fused-ring (bicyclic) bond motifs is 1. The Morgan fingerprint density at radius 1 is 1.04 bits per heavy atom. The quantitative estimate of drug-likeness (QED) is 0.624. The molecule has 3 rings (SSSR count). The lowest BCUT2D eigenvalue weighted by Gasteiger charge is -2.08. The molecule has 1 heterocycles. The number of nitrogens with one attached hydrogen (secondary N) is 3. The van der Waals surface area contributed by atoms with Gasteiger partial charge in [0.25, 0.3) is 0 Å². The molecule has 7 nitrogen and oxygen atoms in total. The van der Waals surface area contributed by atoms with E-state index in [0.29, 0.717) is 28.6 Å². The Balaban J connectivity index is 1.65. The van der Waals surface area contributed by atoms with Gasteiger partial charge in [0, 0.05) is 18.3 Å². The van der Waals surface area contributed by atoms with Crippen molar-refractivity contribution in [1.29, 1.82) is 0 Å². The monoisotopic (exact) mass is 370 g/mol. The number of aromatic nitrogens is 1. The molecule has 3 N–H and O–H groups in total. The number of rotatable bonds is 5. The van der Waals surface area contributed by atoms with Crippen LogP contribution in [0.3, 0.4) is 0 Å². The third-order valence-corrected chi connectivity index (χ3v) is 4.30. The average molecular weight is 370 g/mol. The molecule has 0 radical (unpaired) electrons. The molecule has 3 amide bonds. The number of thiazole rings is 1. The van der Waals surface area contributed by atoms with Gasteiger partial charge < -0.3 is 20.7 Å². The number of amides is 3. The van der Waals surface area contributed by atoms with Crippen molar-refractivity contribution in [3.63, 3.8) is 0 Å². The van der Waals surface area contributed by atoms with E-state index in [9.17, 15) is 9.59 Å². The molecule has 0 aliphatic rings. The Morgan fingerprint density at radius 2 is 1.73 bits per heavy atom. The summed E-state index contributed by atoms with van der Waals surface area (Å²) in [5.41, 5.74) is 1.98. The summed E-state index contributed by atoms with van der Waals surface area (Å²) in [6.07, 6.45) is 0. The molecule has 0 bridgehead atoms. The standard InChI is InChI=1S/C18H18N4O3S/c1-3-25-14-7-4-12(5-8-14)20-17(24)21-13-6-9-16-15(10-13)22-18(26-16)19-11(2)23/h4-10H,3H2,1-2H3,(H,19,22,23)(H2,20,21,24). The van der Waals surface area contributed by atoms with E-state index in [2.05, 4.69) is 20.9 Å². The maximum absolute atomic E-state index is 12.2. The highest BCUT2D eigenvalue weighted by atomic mass is 32.1. The van der Waals surface area contributed by atoms with Crippen LogP contribution in [0.4, 0.5) is 21.3 Å². The number of anilines is 3. The van der Waals surface area contributed by atoms with Crippen LogP contribution in [0.2, 0.25) is 0 Å². The molecule has 26 heavy (non-hydrogen) atoms. The van der Waals surface area contributed by atoms with E-state index < -0.39 is 0 Å². The van der Waals surface area contributed by atoms with E-state index in [1.165, 1.54) is 18.3 Å². The summed E-state index contributed by atoms with van der Waals surface area (Å²) < 4.78 is 6.29. The van der Waals surface area contributed by atoms with Crippen molar-refractivity contribution in [2.24, 2.45) is 0 Å². The molecule has 3 aromatic rings. The van der Waals surface area contributed by atoms with Crippen molar-refractivity contribution >= 4 is 50.0 Å². The van der Waals surface area contributed by atoms with Crippen LogP contribution in [0.5, 0.6) is 5.75 Å². The van der Waals surface area contributed by atoms with Gasteiger partial charge in [-0.3, -0.25) is 4.79 Å². The lowest BCUT2D eigenvalue weighted by molar-refractivity contribution is -0.114. The van der Waals surface area contributed by atoms with Gasteiger partial charge >= 0.3 is 6.03 Å². The molecule has 1 aromatic heterocycles. The minimum Gasteiger partial charge on any atom is -0.494 e. The number of hydrogen-bond acceptors (Lipinski definition) is 5. The van der Waals surface area contributed by atoms with E-state index in [4.69, 9.17) is 4.74 Å². The van der Waals surface area contributed by atoms with E-state index >= 15 is 0 Å². The van der Waals surface area contributed by atoms with Gasteiger partial charge in [-0.25, -0.2) is 9.78 Å². The van der Waals surface area contributed by atoms with Gasteiger partial charge in [-0.15, -0.1) is 0 Å². The molecular weight excluding hydrogens is 352 g/mol. The lowest BCUT2D eigenvalue weighted by atomic mass is 10.3. The van der Waals surface area contributed by atoms with Crippen LogP contribution in [0.15, 0.2) is 42.5 Å². The zero-order valence-electron chi connectivity index (χ0n) is 14.3. The molecule has 2 aromatic carbocycles. The minimum absolute atomic E-state index is 0.169. The topological polar surface area (TPSA) is 92.4 Å². The summed E-state index contributed by atoms with van der Waals surface area (Å²) in [5, 5.41) is 8.72. The van der Waals surface area contributed by atoms with Crippen molar-refractivity contribution < 1.29 is 14.3 Å². The number of ether oxygens (including phenoxy) is 1. The normalized spacial score (nSPS) is 10.4. The molecule has 0 aliphatic heterocycles. The van der Waals surface area contributed by atoms with Gasteiger partial charge in [0.1, 0.15) is 5.75 Å². The molecule has 0 fully saturated rings. The molecule has 0 saturated carbocycles. The molecule has 134 valence electrons. The van der Waals surface area contributed by atoms with Gasteiger partial charge in [-0.1, -0.05) is 11.3 Å². The Kier molecular flexibility index (Phi) is 5.33. The van der Waals surface area contributed by atoms with Crippen LogP contribution in [0.1, 0.15) is 13.8 Å². The van der Waals surface area contributed by atoms with Crippen molar-refractivity contribution in [1.82, 2.24) is 4.98 Å². The minimum atomic E-state index is -0.356. The van der Waals surface area contributed by atoms with E-state index in [1.807, 2.05) is 13.0 Å². The summed E-state index contributed by atoms with van der Waals surface area (Å²) >= 11 is 1.38. The number of urea groups is 1. The molecule has 0 atom stereocenters. The molecule has 0 spiro atoms. The average Bonchev–Trinajstić information content (AvgIpc) is 2.97. The number of carbonyl (C=O) groups is 2. The highest BCUT2D eigenvalue weighted by Gasteiger charge is 2.08. The van der Waals surface area contributed by atoms with Gasteiger partial charge in [-0.2, -0.15) is 0 Å². The third kappa shape index (κ3) is 4.48. The van der Waals surface area contributed by atoms with Crippen LogP contribution in [-0.2, 0) is 4.79 Å². The van der Waals surface area contributed by atoms with Crippen molar-refractivity contribution in [2.45, 2.75) is 13.8 Å². The van der Waals surface area contributed by atoms with Crippen molar-refractivity contribution in [2.75, 3.05) is 22.6 Å². The number of carbonyl (C=O) groups excluding carboxylic acids is 2. The Labute approximate surface area is 154 Å². The van der Waals surface area contributed by atoms with E-state index in [0.717, 1.165) is 10.4 Å². The summed E-state index contributed by atoms with van der Waals surface area (Å²) in [5.74, 6) is 0.583. The maximum atomic E-state index is 12.2. The second-order valence-electron chi connectivity index (χ2n) is 5.42. The first-order valence-electron chi connectivity index (χ1n) is 8.02. The van der Waals surface area contributed by atoms with Gasteiger partial charge in [-0.05, 0) is 49.4 Å². The summed E-state index contributed by atoms with van der Waals surface area (Å²) in [4.78, 5) is 27.6. The molecule has 0 saturated heterocycles. The second kappa shape index (κ2) is 7.83. The first-order chi connectivity index (χ1) is 12.5. The Morgan fingerprint density at radius 3 is 2.42 bits per heavy atom. The zero-order valence-corrected chi connectivity index (χ0v) is 15.1. The molecule has 0 unspecified atom stereocenters. The Hall–Kier alpha value is -3.13. The van der Waals surface area contributed by atoms with E-state index in [-0.39, 0.29) is 11.9 Å². The lowest BCUT2D eigenvalue weighted by Crippen LogP contribution is -2.19. The van der Waals surface area contributed by atoms with Crippen LogP contribution in [0.25, 0.3) is 10.2 Å². The fourth-order valence-corrected chi connectivity index (χ4v) is 3.20. The first kappa shape index (κ1) is 17.7. The van der Waals surface area contributed by atoms with Crippen molar-refractivity contribution in [3.8, 4) is 5.75 Å². The van der Waals surface area contributed by atoms with Gasteiger partial charge in [0.15, 0.2) is 5.13 Å². The summed E-state index contributed by atoms with van der Waals surface area (Å²) in [6.45, 7) is 3.94. The fourth-order valence-electron chi connectivity index (χ4n) is 2.30. The molecule has 0 aliphatic carbocycles. The largest absolute Gasteiger partial charge is 0.494 e. The Bertz CT molecular complexity index is 937. The predicted octanol–water partition coefficient (Wildman–Crippen LogP) is 4.30. The predicted molar refractivity (Wildman–Crippen MR) is 104 cm³/mol. The van der Waals surface area contributed by atoms with E-state index in [1.54, 1.807) is 36.4 Å². The third-order valence-electron chi connectivity index (χ3n) is 3.35. The SMILES string of the molecule is CCOc1ccc(NC(=O)Nc2ccc3sc(NC(C)=O)nc3c2)cc1. The summed E-state index contributed by atoms with van der Waals surface area (Å²) in [6, 6.07) is 12.2. The van der Waals surface area contributed by atoms with Crippen LogP contribution in [0, 0.1) is 0 Å². The zero-order chi connectivity index (χ0) is 18.5. The second-order valence-corrected chi connectivity index (χ2v) is 6.45. The number of nitrogens with zero attached hydrogens (tertiary/aromatic N) is 1. The number of hydrogen-bond donors (Lipinski definition) is 3. The van der Waals surface area contributed by atoms with Crippen LogP contribution < -0.4 is 20.7 Å². The maximum Gasteiger partial charge on any atom is 0.323 e. The fraction of sp³-hybridized carbons (Fsp3) is 0.167. The number of benzene rings is 2. The van der Waals surface area contributed by atoms with Gasteiger partial charge in [0.05, 0.1) is 16.8 Å². The highest BCUT2D eigenvalue weighted by Crippen LogP contribution is 2.28. The van der Waals surface area contributed by atoms with Crippen LogP contribution in [-0.4, -0.2) is 23.5 Å². The van der Waals surface area contributed by atoms with Crippen molar-refractivity contribution in [3.05, 3.63) is 42.5 Å². The van der Waals surface area contributed by atoms with Crippen LogP contribution >= 0.6 is 11.3 Å². The van der Waals surface area contributed by atoms with Gasteiger partial charge in [0.2, 0.25) is 5.91 Å². The summed E-state index contributed by atoms with van der Waals surface area (Å²) in [7, 11) is 0. The molecular formula is C18H18N4O3S. The molecule has 8 heteroatoms. The first-order valence-corrected chi connectivity index (χ1v) is 8.84.